The summed E-state index contributed by atoms with van der Waals surface area (Å²) in [6, 6.07) is 16.0. The number of H-pyrrole nitrogens is 1. The van der Waals surface area contributed by atoms with Crippen LogP contribution >= 0.6 is 11.3 Å². The van der Waals surface area contributed by atoms with Crippen LogP contribution in [0.25, 0.3) is 10.9 Å². The van der Waals surface area contributed by atoms with Crippen LogP contribution in [0.3, 0.4) is 0 Å². The molecule has 9 heteroatoms. The zero-order chi connectivity index (χ0) is 23.3. The van der Waals surface area contributed by atoms with Crippen LogP contribution in [0.15, 0.2) is 71.3 Å². The van der Waals surface area contributed by atoms with Crippen LogP contribution in [0.1, 0.15) is 20.8 Å². The van der Waals surface area contributed by atoms with Crippen molar-refractivity contribution in [3.05, 3.63) is 82.2 Å². The maximum Gasteiger partial charge on any atom is 0.262 e. The number of rotatable bonds is 7. The zero-order valence-electron chi connectivity index (χ0n) is 18.1. The van der Waals surface area contributed by atoms with E-state index in [9.17, 15) is 9.59 Å². The summed E-state index contributed by atoms with van der Waals surface area (Å²) in [6.07, 6.45) is 3.70. The van der Waals surface area contributed by atoms with Crippen molar-refractivity contribution in [2.75, 3.05) is 13.2 Å². The lowest BCUT2D eigenvalue weighted by Crippen LogP contribution is -2.46. The van der Waals surface area contributed by atoms with Crippen LogP contribution < -0.4 is 20.2 Å². The monoisotopic (exact) mass is 474 g/mol. The van der Waals surface area contributed by atoms with Gasteiger partial charge in [0.25, 0.3) is 11.8 Å². The molecule has 5 rings (SSSR count). The number of carbonyl (C=O) groups is 2. The molecule has 4 aromatic rings. The second-order valence-electron chi connectivity index (χ2n) is 7.70. The number of fused-ring (bicyclic) bond motifs is 2. The summed E-state index contributed by atoms with van der Waals surface area (Å²) in [5, 5.41) is 9.77. The number of aromatic nitrogens is 1. The first-order valence-electron chi connectivity index (χ1n) is 10.8. The molecule has 0 spiro atoms. The van der Waals surface area contributed by atoms with Crippen molar-refractivity contribution in [2.24, 2.45) is 5.10 Å². The van der Waals surface area contributed by atoms with Gasteiger partial charge in [-0.25, -0.2) is 5.43 Å². The van der Waals surface area contributed by atoms with E-state index in [2.05, 4.69) is 20.8 Å². The number of hydrogen-bond acceptors (Lipinski definition) is 6. The minimum absolute atomic E-state index is 0.300. The molecule has 3 N–H and O–H groups in total. The number of benzene rings is 2. The maximum absolute atomic E-state index is 13.0. The highest BCUT2D eigenvalue weighted by Crippen LogP contribution is 2.30. The molecule has 0 radical (unpaired) electrons. The van der Waals surface area contributed by atoms with Gasteiger partial charge in [0, 0.05) is 23.5 Å². The lowest BCUT2D eigenvalue weighted by Gasteiger charge is -2.18. The lowest BCUT2D eigenvalue weighted by atomic mass is 10.0. The Morgan fingerprint density at radius 1 is 1.09 bits per heavy atom. The number of aromatic amines is 1. The third kappa shape index (κ3) is 4.79. The molecule has 0 unspecified atom stereocenters. The second-order valence-corrected chi connectivity index (χ2v) is 8.65. The Morgan fingerprint density at radius 2 is 1.94 bits per heavy atom. The van der Waals surface area contributed by atoms with Gasteiger partial charge in [0.1, 0.15) is 19.3 Å². The van der Waals surface area contributed by atoms with E-state index < -0.39 is 11.9 Å². The van der Waals surface area contributed by atoms with Gasteiger partial charge in [-0.1, -0.05) is 24.3 Å². The van der Waals surface area contributed by atoms with Gasteiger partial charge >= 0.3 is 0 Å². The molecule has 34 heavy (non-hydrogen) atoms. The first-order chi connectivity index (χ1) is 16.7. The van der Waals surface area contributed by atoms with Crippen molar-refractivity contribution >= 4 is 40.3 Å². The number of amides is 2. The van der Waals surface area contributed by atoms with Gasteiger partial charge in [0.2, 0.25) is 0 Å². The number of carbonyl (C=O) groups excluding carboxylic acids is 2. The van der Waals surface area contributed by atoms with Crippen molar-refractivity contribution in [1.82, 2.24) is 15.7 Å². The number of thiophene rings is 1. The highest BCUT2D eigenvalue weighted by atomic mass is 32.1. The van der Waals surface area contributed by atoms with E-state index in [0.29, 0.717) is 36.0 Å². The lowest BCUT2D eigenvalue weighted by molar-refractivity contribution is -0.122. The van der Waals surface area contributed by atoms with E-state index >= 15 is 0 Å². The smallest absolute Gasteiger partial charge is 0.262 e. The molecule has 1 aliphatic heterocycles. The molecular formula is C25H22N4O4S. The number of para-hydroxylation sites is 1. The van der Waals surface area contributed by atoms with Crippen LogP contribution in [0.5, 0.6) is 11.5 Å². The topological polar surface area (TPSA) is 105 Å². The van der Waals surface area contributed by atoms with E-state index in [0.717, 1.165) is 22.0 Å². The maximum atomic E-state index is 13.0. The molecule has 2 amide bonds. The molecule has 2 aromatic carbocycles. The van der Waals surface area contributed by atoms with Crippen LogP contribution in [0.4, 0.5) is 0 Å². The van der Waals surface area contributed by atoms with Crippen molar-refractivity contribution in [1.29, 1.82) is 0 Å². The molecule has 0 bridgehead atoms. The van der Waals surface area contributed by atoms with Crippen LogP contribution in [0.2, 0.25) is 0 Å². The molecule has 2 aromatic heterocycles. The first-order valence-corrected chi connectivity index (χ1v) is 11.7. The molecule has 8 nitrogen and oxygen atoms in total. The summed E-state index contributed by atoms with van der Waals surface area (Å²) in [6.45, 7) is 1.01. The normalized spacial score (nSPS) is 13.6. The summed E-state index contributed by atoms with van der Waals surface area (Å²) in [7, 11) is 0. The number of nitrogens with zero attached hydrogens (tertiary/aromatic N) is 1. The van der Waals surface area contributed by atoms with Gasteiger partial charge in [0.15, 0.2) is 11.5 Å². The van der Waals surface area contributed by atoms with E-state index in [1.165, 1.54) is 17.6 Å². The average Bonchev–Trinajstić information content (AvgIpc) is 3.54. The molecule has 3 heterocycles. The van der Waals surface area contributed by atoms with Crippen molar-refractivity contribution in [2.45, 2.75) is 12.5 Å². The van der Waals surface area contributed by atoms with Crippen LogP contribution in [0, 0.1) is 0 Å². The van der Waals surface area contributed by atoms with E-state index in [1.54, 1.807) is 24.3 Å². The number of ether oxygens (including phenoxy) is 2. The summed E-state index contributed by atoms with van der Waals surface area (Å²) in [4.78, 5) is 29.5. The Bertz CT molecular complexity index is 1350. The number of nitrogens with one attached hydrogen (secondary N) is 3. The number of hydrogen-bond donors (Lipinski definition) is 3. The Balaban J connectivity index is 1.32. The molecule has 172 valence electrons. The summed E-state index contributed by atoms with van der Waals surface area (Å²) in [5.74, 6) is 0.610. The van der Waals surface area contributed by atoms with Crippen LogP contribution in [-0.2, 0) is 11.2 Å². The Kier molecular flexibility index (Phi) is 6.26. The fraction of sp³-hybridized carbons (Fsp3) is 0.160. The van der Waals surface area contributed by atoms with E-state index in [-0.39, 0.29) is 5.91 Å². The molecule has 1 aliphatic rings. The van der Waals surface area contributed by atoms with E-state index in [4.69, 9.17) is 9.47 Å². The minimum atomic E-state index is -0.814. The number of hydrazone groups is 1. The molecular weight excluding hydrogens is 452 g/mol. The summed E-state index contributed by atoms with van der Waals surface area (Å²) in [5.41, 5.74) is 5.21. The largest absolute Gasteiger partial charge is 0.486 e. The molecule has 0 saturated carbocycles. The standard InChI is InChI=1S/C25H22N4O4S/c30-24(29-27-14-16-7-8-21-22(12-16)33-10-9-32-21)20(28-25(31)23-6-3-11-34-23)13-17-15-26-19-5-2-1-4-18(17)19/h1-8,11-12,14-15,20,26H,9-10,13H2,(H,28,31)(H,29,30)/b27-14-/t20-/m0/s1. The Morgan fingerprint density at radius 3 is 2.79 bits per heavy atom. The van der Waals surface area contributed by atoms with Gasteiger partial charge in [-0.3, -0.25) is 9.59 Å². The quantitative estimate of drug-likeness (QED) is 0.282. The molecule has 0 fully saturated rings. The minimum Gasteiger partial charge on any atom is -0.486 e. The van der Waals surface area contributed by atoms with Gasteiger partial charge < -0.3 is 19.8 Å². The SMILES string of the molecule is O=C(N[C@@H](Cc1c[nH]c2ccccc12)C(=O)N/N=C\c1ccc2c(c1)OCCO2)c1cccs1. The highest BCUT2D eigenvalue weighted by Gasteiger charge is 2.23. The van der Waals surface area contributed by atoms with Gasteiger partial charge in [-0.2, -0.15) is 5.10 Å². The van der Waals surface area contributed by atoms with Gasteiger partial charge in [-0.05, 0) is 46.8 Å². The summed E-state index contributed by atoms with van der Waals surface area (Å²) >= 11 is 1.32. The molecule has 1 atom stereocenters. The average molecular weight is 475 g/mol. The molecule has 0 saturated heterocycles. The van der Waals surface area contributed by atoms with Crippen molar-refractivity contribution in [3.63, 3.8) is 0 Å². The second kappa shape index (κ2) is 9.80. The Labute approximate surface area is 199 Å². The van der Waals surface area contributed by atoms with Crippen molar-refractivity contribution in [3.8, 4) is 11.5 Å². The predicted octanol–water partition coefficient (Wildman–Crippen LogP) is 3.49. The highest BCUT2D eigenvalue weighted by molar-refractivity contribution is 7.12. The fourth-order valence-electron chi connectivity index (χ4n) is 3.76. The summed E-state index contributed by atoms with van der Waals surface area (Å²) < 4.78 is 11.1. The third-order valence-corrected chi connectivity index (χ3v) is 6.29. The molecule has 0 aliphatic carbocycles. The Hall–Kier alpha value is -4.11. The van der Waals surface area contributed by atoms with Gasteiger partial charge in [-0.15, -0.1) is 11.3 Å². The third-order valence-electron chi connectivity index (χ3n) is 5.42. The van der Waals surface area contributed by atoms with Crippen molar-refractivity contribution < 1.29 is 19.1 Å². The zero-order valence-corrected chi connectivity index (χ0v) is 18.9. The predicted molar refractivity (Wildman–Crippen MR) is 131 cm³/mol. The fourth-order valence-corrected chi connectivity index (χ4v) is 4.38. The first kappa shape index (κ1) is 21.7. The van der Waals surface area contributed by atoms with Gasteiger partial charge in [0.05, 0.1) is 11.1 Å². The van der Waals surface area contributed by atoms with E-state index in [1.807, 2.05) is 41.9 Å². The van der Waals surface area contributed by atoms with Crippen LogP contribution in [-0.4, -0.2) is 42.3 Å².